The first-order valence-corrected chi connectivity index (χ1v) is 6.28. The molecule has 2 aromatic carbocycles. The van der Waals surface area contributed by atoms with Gasteiger partial charge in [-0.15, -0.1) is 0 Å². The van der Waals surface area contributed by atoms with Gasteiger partial charge in [0.1, 0.15) is 12.4 Å². The number of nitrogens with two attached hydrogens (primary N) is 1. The molecule has 2 aromatic rings. The number of rotatable bonds is 4. The first-order valence-electron chi connectivity index (χ1n) is 6.28. The van der Waals surface area contributed by atoms with Gasteiger partial charge in [-0.2, -0.15) is 0 Å². The molecule has 0 atom stereocenters. The summed E-state index contributed by atoms with van der Waals surface area (Å²) < 4.78 is 5.86. The van der Waals surface area contributed by atoms with Crippen LogP contribution in [-0.2, 0) is 13.2 Å². The Morgan fingerprint density at radius 1 is 1.00 bits per heavy atom. The minimum absolute atomic E-state index is 0.0668. The third-order valence-corrected chi connectivity index (χ3v) is 3.07. The van der Waals surface area contributed by atoms with Gasteiger partial charge in [0.05, 0.1) is 6.61 Å². The van der Waals surface area contributed by atoms with Crippen molar-refractivity contribution in [1.29, 1.82) is 0 Å². The molecule has 0 heterocycles. The molecule has 0 amide bonds. The minimum atomic E-state index is 0.0668. The molecule has 3 nitrogen and oxygen atoms in total. The molecular weight excluding hydrogens is 238 g/mol. The number of aliphatic hydroxyl groups is 1. The molecule has 0 aromatic heterocycles. The third-order valence-electron chi connectivity index (χ3n) is 3.07. The van der Waals surface area contributed by atoms with E-state index in [1.54, 1.807) is 0 Å². The Morgan fingerprint density at radius 2 is 1.53 bits per heavy atom. The standard InChI is InChI=1S/C16H19NO2/c1-11-7-15(17)8-12(2)16(11)19-10-14-5-3-13(9-18)4-6-14/h3-8,18H,9-10,17H2,1-2H3. The lowest BCUT2D eigenvalue weighted by atomic mass is 10.1. The molecule has 0 saturated heterocycles. The molecule has 0 fully saturated rings. The molecule has 100 valence electrons. The van der Waals surface area contributed by atoms with E-state index in [1.807, 2.05) is 50.2 Å². The molecule has 0 spiro atoms. The fraction of sp³-hybridized carbons (Fsp3) is 0.250. The van der Waals surface area contributed by atoms with Gasteiger partial charge >= 0.3 is 0 Å². The van der Waals surface area contributed by atoms with Crippen molar-refractivity contribution in [1.82, 2.24) is 0 Å². The van der Waals surface area contributed by atoms with Crippen LogP contribution in [0.3, 0.4) is 0 Å². The van der Waals surface area contributed by atoms with E-state index in [9.17, 15) is 0 Å². The highest BCUT2D eigenvalue weighted by Gasteiger charge is 2.05. The number of nitrogen functional groups attached to an aromatic ring is 1. The van der Waals surface area contributed by atoms with Gasteiger partial charge in [0, 0.05) is 5.69 Å². The second-order valence-electron chi connectivity index (χ2n) is 4.75. The van der Waals surface area contributed by atoms with E-state index in [0.717, 1.165) is 33.7 Å². The van der Waals surface area contributed by atoms with E-state index in [-0.39, 0.29) is 6.61 Å². The van der Waals surface area contributed by atoms with Gasteiger partial charge in [0.2, 0.25) is 0 Å². The number of hydrogen-bond acceptors (Lipinski definition) is 3. The monoisotopic (exact) mass is 257 g/mol. The van der Waals surface area contributed by atoms with Gasteiger partial charge in [0.25, 0.3) is 0 Å². The molecule has 0 aliphatic carbocycles. The number of aliphatic hydroxyl groups excluding tert-OH is 1. The number of ether oxygens (including phenoxy) is 1. The summed E-state index contributed by atoms with van der Waals surface area (Å²) in [7, 11) is 0. The molecule has 0 radical (unpaired) electrons. The van der Waals surface area contributed by atoms with Gasteiger partial charge in [-0.25, -0.2) is 0 Å². The van der Waals surface area contributed by atoms with Gasteiger partial charge in [-0.3, -0.25) is 0 Å². The lowest BCUT2D eigenvalue weighted by molar-refractivity contribution is 0.281. The molecule has 3 N–H and O–H groups in total. The van der Waals surface area contributed by atoms with Crippen molar-refractivity contribution in [3.05, 3.63) is 58.7 Å². The van der Waals surface area contributed by atoms with E-state index in [0.29, 0.717) is 6.61 Å². The van der Waals surface area contributed by atoms with Gasteiger partial charge in [-0.05, 0) is 48.2 Å². The summed E-state index contributed by atoms with van der Waals surface area (Å²) in [6, 6.07) is 11.6. The smallest absolute Gasteiger partial charge is 0.125 e. The molecule has 3 heteroatoms. The Kier molecular flexibility index (Phi) is 4.07. The Morgan fingerprint density at radius 3 is 2.05 bits per heavy atom. The van der Waals surface area contributed by atoms with Crippen LogP contribution >= 0.6 is 0 Å². The predicted octanol–water partition coefficient (Wildman–Crippen LogP) is 2.96. The molecule has 19 heavy (non-hydrogen) atoms. The van der Waals surface area contributed by atoms with Crippen LogP contribution < -0.4 is 10.5 Å². The Hall–Kier alpha value is -2.00. The van der Waals surface area contributed by atoms with Crippen LogP contribution in [0.1, 0.15) is 22.3 Å². The summed E-state index contributed by atoms with van der Waals surface area (Å²) in [5.41, 5.74) is 10.6. The third kappa shape index (κ3) is 3.26. The minimum Gasteiger partial charge on any atom is -0.488 e. The van der Waals surface area contributed by atoms with Crippen LogP contribution in [0.4, 0.5) is 5.69 Å². The van der Waals surface area contributed by atoms with Crippen molar-refractivity contribution in [2.24, 2.45) is 0 Å². The van der Waals surface area contributed by atoms with Gasteiger partial charge in [-0.1, -0.05) is 24.3 Å². The highest BCUT2D eigenvalue weighted by atomic mass is 16.5. The zero-order chi connectivity index (χ0) is 13.8. The van der Waals surface area contributed by atoms with Crippen molar-refractivity contribution in [3.8, 4) is 5.75 Å². The van der Waals surface area contributed by atoms with Crippen LogP contribution in [0.15, 0.2) is 36.4 Å². The fourth-order valence-corrected chi connectivity index (χ4v) is 2.11. The Bertz CT molecular complexity index is 538. The zero-order valence-electron chi connectivity index (χ0n) is 11.3. The first kappa shape index (κ1) is 13.4. The number of hydrogen-bond donors (Lipinski definition) is 2. The van der Waals surface area contributed by atoms with E-state index >= 15 is 0 Å². The molecule has 0 unspecified atom stereocenters. The van der Waals surface area contributed by atoms with Crippen LogP contribution in [0.25, 0.3) is 0 Å². The second-order valence-corrected chi connectivity index (χ2v) is 4.75. The van der Waals surface area contributed by atoms with Crippen molar-refractivity contribution in [2.45, 2.75) is 27.1 Å². The molecule has 0 aliphatic heterocycles. The average molecular weight is 257 g/mol. The maximum absolute atomic E-state index is 8.99. The first-order chi connectivity index (χ1) is 9.10. The molecule has 0 aliphatic rings. The van der Waals surface area contributed by atoms with Crippen LogP contribution in [0.5, 0.6) is 5.75 Å². The summed E-state index contributed by atoms with van der Waals surface area (Å²) in [5, 5.41) is 8.99. The largest absolute Gasteiger partial charge is 0.488 e. The van der Waals surface area contributed by atoms with Crippen molar-refractivity contribution in [3.63, 3.8) is 0 Å². The Labute approximate surface area is 113 Å². The van der Waals surface area contributed by atoms with Crippen LogP contribution in [0, 0.1) is 13.8 Å². The number of aryl methyl sites for hydroxylation is 2. The molecule has 2 rings (SSSR count). The van der Waals surface area contributed by atoms with E-state index < -0.39 is 0 Å². The lowest BCUT2D eigenvalue weighted by Crippen LogP contribution is -2.00. The van der Waals surface area contributed by atoms with E-state index in [1.165, 1.54) is 0 Å². The van der Waals surface area contributed by atoms with Gasteiger partial charge in [0.15, 0.2) is 0 Å². The van der Waals surface area contributed by atoms with Crippen molar-refractivity contribution in [2.75, 3.05) is 5.73 Å². The lowest BCUT2D eigenvalue weighted by Gasteiger charge is -2.13. The quantitative estimate of drug-likeness (QED) is 0.828. The molecular formula is C16H19NO2. The SMILES string of the molecule is Cc1cc(N)cc(C)c1OCc1ccc(CO)cc1. The summed E-state index contributed by atoms with van der Waals surface area (Å²) >= 11 is 0. The van der Waals surface area contributed by atoms with Crippen LogP contribution in [-0.4, -0.2) is 5.11 Å². The molecule has 0 bridgehead atoms. The average Bonchev–Trinajstić information content (AvgIpc) is 2.38. The van der Waals surface area contributed by atoms with E-state index in [4.69, 9.17) is 15.6 Å². The summed E-state index contributed by atoms with van der Waals surface area (Å²) in [6.45, 7) is 4.57. The Balaban J connectivity index is 2.10. The van der Waals surface area contributed by atoms with E-state index in [2.05, 4.69) is 0 Å². The highest BCUT2D eigenvalue weighted by molar-refractivity contribution is 5.52. The normalized spacial score (nSPS) is 10.5. The number of anilines is 1. The zero-order valence-corrected chi connectivity index (χ0v) is 11.3. The summed E-state index contributed by atoms with van der Waals surface area (Å²) in [6.07, 6.45) is 0. The van der Waals surface area contributed by atoms with Crippen LogP contribution in [0.2, 0.25) is 0 Å². The fourth-order valence-electron chi connectivity index (χ4n) is 2.11. The van der Waals surface area contributed by atoms with Crippen molar-refractivity contribution >= 4 is 5.69 Å². The maximum Gasteiger partial charge on any atom is 0.125 e. The van der Waals surface area contributed by atoms with Gasteiger partial charge < -0.3 is 15.6 Å². The van der Waals surface area contributed by atoms with Crippen molar-refractivity contribution < 1.29 is 9.84 Å². The summed E-state index contributed by atoms with van der Waals surface area (Å²) in [5.74, 6) is 0.889. The maximum atomic E-state index is 8.99. The predicted molar refractivity (Wildman–Crippen MR) is 77.0 cm³/mol. The molecule has 0 saturated carbocycles. The highest BCUT2D eigenvalue weighted by Crippen LogP contribution is 2.26. The second kappa shape index (κ2) is 5.76. The number of benzene rings is 2. The topological polar surface area (TPSA) is 55.5 Å². The summed E-state index contributed by atoms with van der Waals surface area (Å²) in [4.78, 5) is 0.